The van der Waals surface area contributed by atoms with Crippen LogP contribution in [0.1, 0.15) is 40.5 Å². The molecule has 1 heterocycles. The van der Waals surface area contributed by atoms with Crippen molar-refractivity contribution < 1.29 is 28.8 Å². The van der Waals surface area contributed by atoms with Crippen molar-refractivity contribution in [1.29, 1.82) is 0 Å². The molecule has 0 fully saturated rings. The minimum absolute atomic E-state index is 0.163. The molecule has 1 aliphatic heterocycles. The van der Waals surface area contributed by atoms with E-state index in [0.29, 0.717) is 5.06 Å². The summed E-state index contributed by atoms with van der Waals surface area (Å²) in [5, 5.41) is 5.42. The lowest BCUT2D eigenvalue weighted by molar-refractivity contribution is -0.169. The Morgan fingerprint density at radius 3 is 2.08 bits per heavy atom. The minimum Gasteiger partial charge on any atom is -0.355 e. The lowest BCUT2D eigenvalue weighted by Gasteiger charge is -2.12. The van der Waals surface area contributed by atoms with Gasteiger partial charge in [0.25, 0.3) is 11.8 Å². The number of amides is 4. The highest BCUT2D eigenvalue weighted by molar-refractivity contribution is 6.20. The van der Waals surface area contributed by atoms with Gasteiger partial charge < -0.3 is 15.5 Å². The van der Waals surface area contributed by atoms with Crippen molar-refractivity contribution in [1.82, 2.24) is 15.7 Å². The monoisotopic (exact) mass is 347 g/mol. The van der Waals surface area contributed by atoms with Crippen LogP contribution < -0.4 is 10.6 Å². The molecule has 0 saturated carbocycles. The summed E-state index contributed by atoms with van der Waals surface area (Å²) in [7, 11) is 0. The number of nitrogens with one attached hydrogen (secondary N) is 2. The number of hydroxylamine groups is 2. The van der Waals surface area contributed by atoms with Crippen LogP contribution in [0.2, 0.25) is 0 Å². The lowest BCUT2D eigenvalue weighted by atomic mass is 10.1. The van der Waals surface area contributed by atoms with Crippen molar-refractivity contribution in [3.63, 3.8) is 0 Å². The van der Waals surface area contributed by atoms with E-state index in [-0.39, 0.29) is 43.0 Å². The van der Waals surface area contributed by atoms with Gasteiger partial charge in [0, 0.05) is 26.4 Å². The molecule has 4 amide bonds. The first-order valence-corrected chi connectivity index (χ1v) is 7.60. The maximum atomic E-state index is 12.0. The van der Waals surface area contributed by atoms with Gasteiger partial charge in [0.1, 0.15) is 0 Å². The summed E-state index contributed by atoms with van der Waals surface area (Å²) in [6.07, 6.45) is -0.457. The van der Waals surface area contributed by atoms with Crippen molar-refractivity contribution in [2.24, 2.45) is 0 Å². The molecule has 0 radical (unpaired) electrons. The SMILES string of the molecule is CC(=O)NCCNC(=O)CCC(=O)ON1C(=O)c2ccccc2C1=O. The van der Waals surface area contributed by atoms with Crippen LogP contribution in [0.3, 0.4) is 0 Å². The van der Waals surface area contributed by atoms with E-state index >= 15 is 0 Å². The van der Waals surface area contributed by atoms with E-state index < -0.39 is 23.7 Å². The van der Waals surface area contributed by atoms with Gasteiger partial charge in [-0.25, -0.2) is 4.79 Å². The molecule has 0 atom stereocenters. The molecule has 0 bridgehead atoms. The van der Waals surface area contributed by atoms with Gasteiger partial charge in [0.05, 0.1) is 17.5 Å². The molecule has 25 heavy (non-hydrogen) atoms. The summed E-state index contributed by atoms with van der Waals surface area (Å²) in [5.74, 6) is -2.92. The first-order valence-electron chi connectivity index (χ1n) is 7.60. The van der Waals surface area contributed by atoms with Crippen LogP contribution >= 0.6 is 0 Å². The average Bonchev–Trinajstić information content (AvgIpc) is 2.82. The average molecular weight is 347 g/mol. The second-order valence-electron chi connectivity index (χ2n) is 5.25. The molecule has 0 saturated heterocycles. The Morgan fingerprint density at radius 1 is 0.960 bits per heavy atom. The second-order valence-corrected chi connectivity index (χ2v) is 5.25. The predicted molar refractivity (Wildman–Crippen MR) is 84.0 cm³/mol. The lowest BCUT2D eigenvalue weighted by Crippen LogP contribution is -2.35. The number of rotatable bonds is 7. The molecule has 132 valence electrons. The number of fused-ring (bicyclic) bond motifs is 1. The van der Waals surface area contributed by atoms with Crippen molar-refractivity contribution in [3.05, 3.63) is 35.4 Å². The summed E-state index contributed by atoms with van der Waals surface area (Å²) >= 11 is 0. The maximum absolute atomic E-state index is 12.0. The second kappa shape index (κ2) is 8.04. The number of benzene rings is 1. The van der Waals surface area contributed by atoms with Gasteiger partial charge in [-0.05, 0) is 12.1 Å². The van der Waals surface area contributed by atoms with Crippen LogP contribution in [0, 0.1) is 0 Å². The van der Waals surface area contributed by atoms with Crippen molar-refractivity contribution in [3.8, 4) is 0 Å². The van der Waals surface area contributed by atoms with Crippen LogP contribution in [-0.4, -0.2) is 47.8 Å². The summed E-state index contributed by atoms with van der Waals surface area (Å²) < 4.78 is 0. The van der Waals surface area contributed by atoms with Crippen molar-refractivity contribution in [2.75, 3.05) is 13.1 Å². The number of carbonyl (C=O) groups is 5. The molecule has 0 spiro atoms. The third-order valence-electron chi connectivity index (χ3n) is 3.33. The summed E-state index contributed by atoms with van der Waals surface area (Å²) in [5.41, 5.74) is 0.326. The third kappa shape index (κ3) is 4.63. The van der Waals surface area contributed by atoms with Crippen LogP contribution in [0.25, 0.3) is 0 Å². The number of hydrogen-bond donors (Lipinski definition) is 2. The summed E-state index contributed by atoms with van der Waals surface area (Å²) in [4.78, 5) is 62.8. The van der Waals surface area contributed by atoms with Gasteiger partial charge >= 0.3 is 5.97 Å². The summed E-state index contributed by atoms with van der Waals surface area (Å²) in [6, 6.07) is 6.12. The van der Waals surface area contributed by atoms with Crippen LogP contribution in [0.15, 0.2) is 24.3 Å². The number of carbonyl (C=O) groups excluding carboxylic acids is 5. The number of nitrogens with zero attached hydrogens (tertiary/aromatic N) is 1. The van der Waals surface area contributed by atoms with E-state index in [1.165, 1.54) is 19.1 Å². The normalized spacial score (nSPS) is 12.6. The van der Waals surface area contributed by atoms with E-state index in [9.17, 15) is 24.0 Å². The largest absolute Gasteiger partial charge is 0.355 e. The zero-order valence-corrected chi connectivity index (χ0v) is 13.5. The van der Waals surface area contributed by atoms with E-state index in [4.69, 9.17) is 4.84 Å². The molecule has 1 aliphatic rings. The minimum atomic E-state index is -0.869. The first kappa shape index (κ1) is 18.1. The third-order valence-corrected chi connectivity index (χ3v) is 3.33. The van der Waals surface area contributed by atoms with Gasteiger partial charge in [-0.1, -0.05) is 17.2 Å². The molecule has 9 nitrogen and oxygen atoms in total. The van der Waals surface area contributed by atoms with E-state index in [1.54, 1.807) is 12.1 Å². The van der Waals surface area contributed by atoms with Gasteiger partial charge in [0.2, 0.25) is 11.8 Å². The highest BCUT2D eigenvalue weighted by Gasteiger charge is 2.38. The fraction of sp³-hybridized carbons (Fsp3) is 0.312. The maximum Gasteiger partial charge on any atom is 0.333 e. The molecular formula is C16H17N3O6. The molecule has 0 aliphatic carbocycles. The Kier molecular flexibility index (Phi) is 5.83. The molecule has 2 N–H and O–H groups in total. The smallest absolute Gasteiger partial charge is 0.333 e. The van der Waals surface area contributed by atoms with E-state index in [2.05, 4.69) is 10.6 Å². The first-order chi connectivity index (χ1) is 11.9. The zero-order chi connectivity index (χ0) is 18.4. The zero-order valence-electron chi connectivity index (χ0n) is 13.5. The molecule has 9 heteroatoms. The van der Waals surface area contributed by atoms with Crippen LogP contribution in [0.4, 0.5) is 0 Å². The topological polar surface area (TPSA) is 122 Å². The van der Waals surface area contributed by atoms with Crippen molar-refractivity contribution in [2.45, 2.75) is 19.8 Å². The highest BCUT2D eigenvalue weighted by Crippen LogP contribution is 2.22. The number of imide groups is 1. The van der Waals surface area contributed by atoms with Crippen LogP contribution in [-0.2, 0) is 19.2 Å². The predicted octanol–water partition coefficient (Wildman–Crippen LogP) is -0.227. The van der Waals surface area contributed by atoms with E-state index in [0.717, 1.165) is 0 Å². The Labute approximate surface area is 143 Å². The Balaban J connectivity index is 1.76. The van der Waals surface area contributed by atoms with Crippen LogP contribution in [0.5, 0.6) is 0 Å². The Hall–Kier alpha value is -3.23. The number of hydrogen-bond acceptors (Lipinski definition) is 6. The summed E-state index contributed by atoms with van der Waals surface area (Å²) in [6.45, 7) is 1.86. The fourth-order valence-electron chi connectivity index (χ4n) is 2.14. The molecule has 2 rings (SSSR count). The van der Waals surface area contributed by atoms with Crippen molar-refractivity contribution >= 4 is 29.6 Å². The molecule has 0 unspecified atom stereocenters. The van der Waals surface area contributed by atoms with Gasteiger partial charge in [-0.2, -0.15) is 0 Å². The van der Waals surface area contributed by atoms with Gasteiger partial charge in [0.15, 0.2) is 0 Å². The highest BCUT2D eigenvalue weighted by atomic mass is 16.7. The fourth-order valence-corrected chi connectivity index (χ4v) is 2.14. The Bertz CT molecular complexity index is 695. The molecule has 1 aromatic rings. The molecular weight excluding hydrogens is 330 g/mol. The quantitative estimate of drug-likeness (QED) is 0.519. The molecule has 0 aromatic heterocycles. The Morgan fingerprint density at radius 2 is 1.52 bits per heavy atom. The van der Waals surface area contributed by atoms with Gasteiger partial charge in [-0.3, -0.25) is 19.2 Å². The van der Waals surface area contributed by atoms with Gasteiger partial charge in [-0.15, -0.1) is 0 Å². The standard InChI is InChI=1S/C16H17N3O6/c1-10(20)17-8-9-18-13(21)6-7-14(22)25-19-15(23)11-4-2-3-5-12(11)16(19)24/h2-5H,6-9H2,1H3,(H,17,20)(H,18,21). The molecule has 1 aromatic carbocycles. The van der Waals surface area contributed by atoms with E-state index in [1.807, 2.05) is 0 Å².